The number of carbonyl (C=O) groups is 4. The Labute approximate surface area is 190 Å². The minimum absolute atomic E-state index is 0.0878. The Kier molecular flexibility index (Phi) is 10.9. The second-order valence-corrected chi connectivity index (χ2v) is 8.77. The van der Waals surface area contributed by atoms with E-state index in [1.807, 2.05) is 13.8 Å². The summed E-state index contributed by atoms with van der Waals surface area (Å²) in [6, 6.07) is -1.28. The standard InChI is InChI=1S/C22H39N5O5/c1-3-25(4-2)13-11-23-22(31)24-20(29)19-10-7-12-27(19)21(30)18(15-26(32)16-28)14-17-8-5-6-9-17/h16-19,32H,3-15H2,1-2H3,(H2,23,24,29,31)/t18?,19-/m0/s1. The van der Waals surface area contributed by atoms with Gasteiger partial charge in [-0.05, 0) is 38.3 Å². The van der Waals surface area contributed by atoms with Gasteiger partial charge >= 0.3 is 6.03 Å². The molecule has 1 saturated heterocycles. The van der Waals surface area contributed by atoms with Crippen LogP contribution in [0.2, 0.25) is 0 Å². The van der Waals surface area contributed by atoms with Crippen LogP contribution in [0.4, 0.5) is 4.79 Å². The van der Waals surface area contributed by atoms with Crippen LogP contribution in [-0.4, -0.2) is 89.6 Å². The lowest BCUT2D eigenvalue weighted by atomic mass is 9.91. The minimum atomic E-state index is -0.717. The number of likely N-dealkylation sites (N-methyl/N-ethyl adjacent to an activating group) is 1. The van der Waals surface area contributed by atoms with Gasteiger partial charge < -0.3 is 15.1 Å². The first-order valence-electron chi connectivity index (χ1n) is 11.9. The first-order valence-corrected chi connectivity index (χ1v) is 11.9. The number of imide groups is 1. The van der Waals surface area contributed by atoms with Gasteiger partial charge in [0.25, 0.3) is 5.91 Å². The van der Waals surface area contributed by atoms with E-state index in [2.05, 4.69) is 15.5 Å². The molecular formula is C22H39N5O5. The van der Waals surface area contributed by atoms with Crippen molar-refractivity contribution in [3.63, 3.8) is 0 Å². The maximum absolute atomic E-state index is 13.3. The Bertz CT molecular complexity index is 636. The van der Waals surface area contributed by atoms with Crippen molar-refractivity contribution in [2.75, 3.05) is 39.3 Å². The molecule has 2 rings (SSSR count). The molecule has 5 amide bonds. The van der Waals surface area contributed by atoms with E-state index in [1.54, 1.807) is 0 Å². The summed E-state index contributed by atoms with van der Waals surface area (Å²) in [7, 11) is 0. The van der Waals surface area contributed by atoms with Crippen LogP contribution < -0.4 is 10.6 Å². The fourth-order valence-electron chi connectivity index (χ4n) is 4.82. The molecule has 2 atom stereocenters. The summed E-state index contributed by atoms with van der Waals surface area (Å²) < 4.78 is 0. The van der Waals surface area contributed by atoms with E-state index in [9.17, 15) is 24.4 Å². The molecule has 2 fully saturated rings. The van der Waals surface area contributed by atoms with Crippen LogP contribution in [0, 0.1) is 11.8 Å². The van der Waals surface area contributed by atoms with Crippen LogP contribution in [-0.2, 0) is 14.4 Å². The monoisotopic (exact) mass is 453 g/mol. The predicted molar refractivity (Wildman–Crippen MR) is 119 cm³/mol. The number of nitrogens with one attached hydrogen (secondary N) is 2. The van der Waals surface area contributed by atoms with E-state index in [4.69, 9.17) is 0 Å². The third-order valence-electron chi connectivity index (χ3n) is 6.65. The fraction of sp³-hybridized carbons (Fsp3) is 0.818. The van der Waals surface area contributed by atoms with Gasteiger partial charge in [0.05, 0.1) is 12.5 Å². The Morgan fingerprint density at radius 2 is 1.81 bits per heavy atom. The fourth-order valence-corrected chi connectivity index (χ4v) is 4.82. The van der Waals surface area contributed by atoms with Crippen molar-refractivity contribution >= 4 is 24.3 Å². The molecule has 1 unspecified atom stereocenters. The third kappa shape index (κ3) is 7.74. The van der Waals surface area contributed by atoms with Crippen molar-refractivity contribution in [1.29, 1.82) is 0 Å². The minimum Gasteiger partial charge on any atom is -0.337 e. The highest BCUT2D eigenvalue weighted by molar-refractivity contribution is 5.99. The van der Waals surface area contributed by atoms with Gasteiger partial charge in [0, 0.05) is 19.6 Å². The van der Waals surface area contributed by atoms with Crippen molar-refractivity contribution in [2.24, 2.45) is 11.8 Å². The summed E-state index contributed by atoms with van der Waals surface area (Å²) >= 11 is 0. The summed E-state index contributed by atoms with van der Waals surface area (Å²) in [5, 5.41) is 15.3. The second kappa shape index (κ2) is 13.4. The lowest BCUT2D eigenvalue weighted by Crippen LogP contribution is -2.52. The van der Waals surface area contributed by atoms with Gasteiger partial charge in [0.1, 0.15) is 6.04 Å². The van der Waals surface area contributed by atoms with Gasteiger partial charge in [-0.15, -0.1) is 0 Å². The molecule has 1 heterocycles. The molecule has 0 bridgehead atoms. The summed E-state index contributed by atoms with van der Waals surface area (Å²) in [4.78, 5) is 52.8. The molecule has 1 aliphatic carbocycles. The molecule has 0 aromatic heterocycles. The molecule has 10 heteroatoms. The van der Waals surface area contributed by atoms with E-state index >= 15 is 0 Å². The van der Waals surface area contributed by atoms with Crippen LogP contribution in [0.15, 0.2) is 0 Å². The summed E-state index contributed by atoms with van der Waals surface area (Å²) in [5.41, 5.74) is 0. The first kappa shape index (κ1) is 26.1. The highest BCUT2D eigenvalue weighted by atomic mass is 16.5. The zero-order valence-corrected chi connectivity index (χ0v) is 19.4. The molecule has 0 aromatic carbocycles. The molecule has 1 saturated carbocycles. The molecule has 0 aromatic rings. The molecule has 0 radical (unpaired) electrons. The quantitative estimate of drug-likeness (QED) is 0.232. The molecular weight excluding hydrogens is 414 g/mol. The summed E-state index contributed by atoms with van der Waals surface area (Å²) in [5.74, 6) is -0.912. The highest BCUT2D eigenvalue weighted by Gasteiger charge is 2.39. The van der Waals surface area contributed by atoms with Crippen molar-refractivity contribution in [2.45, 2.75) is 64.8 Å². The zero-order valence-electron chi connectivity index (χ0n) is 19.4. The number of urea groups is 1. The number of hydrogen-bond acceptors (Lipinski definition) is 6. The van der Waals surface area contributed by atoms with Crippen LogP contribution in [0.3, 0.4) is 0 Å². The maximum atomic E-state index is 13.3. The molecule has 32 heavy (non-hydrogen) atoms. The van der Waals surface area contributed by atoms with Gasteiger partial charge in [-0.3, -0.25) is 24.9 Å². The summed E-state index contributed by atoms with van der Waals surface area (Å²) in [6.07, 6.45) is 6.35. The number of amides is 5. The normalized spacial score (nSPS) is 19.8. The lowest BCUT2D eigenvalue weighted by molar-refractivity contribution is -0.158. The molecule has 10 nitrogen and oxygen atoms in total. The number of nitrogens with zero attached hydrogens (tertiary/aromatic N) is 3. The van der Waals surface area contributed by atoms with Crippen LogP contribution in [0.5, 0.6) is 0 Å². The number of likely N-dealkylation sites (tertiary alicyclic amines) is 1. The topological polar surface area (TPSA) is 122 Å². The molecule has 0 spiro atoms. The number of rotatable bonds is 12. The maximum Gasteiger partial charge on any atom is 0.321 e. The second-order valence-electron chi connectivity index (χ2n) is 8.77. The molecule has 1 aliphatic heterocycles. The molecule has 2 aliphatic rings. The van der Waals surface area contributed by atoms with Crippen LogP contribution in [0.1, 0.15) is 58.8 Å². The van der Waals surface area contributed by atoms with Gasteiger partial charge in [0.2, 0.25) is 12.3 Å². The average Bonchev–Trinajstić information content (AvgIpc) is 3.47. The smallest absolute Gasteiger partial charge is 0.321 e. The van der Waals surface area contributed by atoms with Crippen molar-refractivity contribution in [3.05, 3.63) is 0 Å². The van der Waals surface area contributed by atoms with Gasteiger partial charge in [-0.2, -0.15) is 0 Å². The summed E-state index contributed by atoms with van der Waals surface area (Å²) in [6.45, 7) is 7.32. The molecule has 3 N–H and O–H groups in total. The number of hydroxylamine groups is 2. The number of hydrogen-bond donors (Lipinski definition) is 3. The van der Waals surface area contributed by atoms with E-state index in [1.165, 1.54) is 4.90 Å². The average molecular weight is 454 g/mol. The van der Waals surface area contributed by atoms with Crippen molar-refractivity contribution in [3.8, 4) is 0 Å². The van der Waals surface area contributed by atoms with Crippen LogP contribution >= 0.6 is 0 Å². The van der Waals surface area contributed by atoms with E-state index in [-0.39, 0.29) is 12.5 Å². The third-order valence-corrected chi connectivity index (χ3v) is 6.65. The van der Waals surface area contributed by atoms with Crippen molar-refractivity contribution in [1.82, 2.24) is 25.5 Å². The Hall–Kier alpha value is -2.20. The zero-order chi connectivity index (χ0) is 23.5. The predicted octanol–water partition coefficient (Wildman–Crippen LogP) is 1.19. The van der Waals surface area contributed by atoms with Gasteiger partial charge in [-0.25, -0.2) is 9.86 Å². The molecule has 182 valence electrons. The van der Waals surface area contributed by atoms with Crippen molar-refractivity contribution < 1.29 is 24.4 Å². The van der Waals surface area contributed by atoms with E-state index in [0.29, 0.717) is 56.3 Å². The van der Waals surface area contributed by atoms with Gasteiger partial charge in [-0.1, -0.05) is 39.5 Å². The lowest BCUT2D eigenvalue weighted by Gasteiger charge is -2.30. The largest absolute Gasteiger partial charge is 0.337 e. The first-order chi connectivity index (χ1) is 15.4. The van der Waals surface area contributed by atoms with E-state index < -0.39 is 23.9 Å². The van der Waals surface area contributed by atoms with E-state index in [0.717, 1.165) is 38.8 Å². The van der Waals surface area contributed by atoms with Gasteiger partial charge in [0.15, 0.2) is 0 Å². The Balaban J connectivity index is 1.93. The van der Waals surface area contributed by atoms with Crippen LogP contribution in [0.25, 0.3) is 0 Å². The Morgan fingerprint density at radius 3 is 2.44 bits per heavy atom. The SMILES string of the molecule is CCN(CC)CCNC(=O)NC(=O)[C@@H]1CCCN1C(=O)C(CC1CCCC1)CN(O)C=O. The Morgan fingerprint density at radius 1 is 1.12 bits per heavy atom. The highest BCUT2D eigenvalue weighted by Crippen LogP contribution is 2.32. The number of carbonyl (C=O) groups excluding carboxylic acids is 4.